The molecule has 0 saturated heterocycles. The maximum atomic E-state index is 12.0. The summed E-state index contributed by atoms with van der Waals surface area (Å²) in [4.78, 5) is 30.1. The Bertz CT molecular complexity index is 624. The Kier molecular flexibility index (Phi) is 15.0. The van der Waals surface area contributed by atoms with Gasteiger partial charge in [0.15, 0.2) is 0 Å². The lowest BCUT2D eigenvalue weighted by atomic mass is 10.1. The van der Waals surface area contributed by atoms with Gasteiger partial charge in [0, 0.05) is 24.7 Å². The summed E-state index contributed by atoms with van der Waals surface area (Å²) in [5.74, 6) is -1.23. The summed E-state index contributed by atoms with van der Waals surface area (Å²) in [6.45, 7) is 2.23. The molecule has 0 aliphatic heterocycles. The minimum absolute atomic E-state index is 0.201. The quantitative estimate of drug-likeness (QED) is 0.222. The van der Waals surface area contributed by atoms with Crippen molar-refractivity contribution in [2.75, 3.05) is 0 Å². The van der Waals surface area contributed by atoms with Crippen LogP contribution in [-0.4, -0.2) is 33.0 Å². The van der Waals surface area contributed by atoms with E-state index in [0.717, 1.165) is 38.5 Å². The number of carboxylic acids is 1. The van der Waals surface area contributed by atoms with E-state index in [-0.39, 0.29) is 12.3 Å². The zero-order valence-corrected chi connectivity index (χ0v) is 18.4. The van der Waals surface area contributed by atoms with Crippen molar-refractivity contribution in [1.29, 1.82) is 0 Å². The molecule has 0 bridgehead atoms. The Hall–Kier alpha value is -2.37. The second-order valence-corrected chi connectivity index (χ2v) is 7.72. The maximum absolute atomic E-state index is 12.0. The second-order valence-electron chi connectivity index (χ2n) is 7.72. The van der Waals surface area contributed by atoms with Gasteiger partial charge >= 0.3 is 5.97 Å². The number of nitrogens with zero attached hydrogens (tertiary/aromatic N) is 1. The molecule has 6 nitrogen and oxygen atoms in total. The summed E-state index contributed by atoms with van der Waals surface area (Å²) in [6, 6.07) is -0.920. The van der Waals surface area contributed by atoms with Gasteiger partial charge in [0.05, 0.1) is 6.33 Å². The number of aromatic nitrogens is 2. The van der Waals surface area contributed by atoms with Crippen LogP contribution in [0.1, 0.15) is 89.7 Å². The number of H-pyrrole nitrogens is 1. The van der Waals surface area contributed by atoms with Crippen molar-refractivity contribution < 1.29 is 14.7 Å². The predicted molar refractivity (Wildman–Crippen MR) is 121 cm³/mol. The van der Waals surface area contributed by atoms with Crippen LogP contribution in [-0.2, 0) is 16.0 Å². The normalized spacial score (nSPS) is 12.6. The Labute approximate surface area is 181 Å². The van der Waals surface area contributed by atoms with Gasteiger partial charge in [-0.3, -0.25) is 4.79 Å². The highest BCUT2D eigenvalue weighted by molar-refractivity contribution is 5.83. The molecule has 0 saturated carbocycles. The monoisotopic (exact) mass is 417 g/mol. The first kappa shape index (κ1) is 25.7. The number of aromatic amines is 1. The minimum Gasteiger partial charge on any atom is -0.480 e. The van der Waals surface area contributed by atoms with E-state index < -0.39 is 12.0 Å². The molecular weight excluding hydrogens is 378 g/mol. The van der Waals surface area contributed by atoms with Crippen LogP contribution in [0.4, 0.5) is 0 Å². The highest BCUT2D eigenvalue weighted by Crippen LogP contribution is 2.09. The van der Waals surface area contributed by atoms with Crippen molar-refractivity contribution in [1.82, 2.24) is 15.3 Å². The van der Waals surface area contributed by atoms with Gasteiger partial charge in [-0.1, -0.05) is 63.3 Å². The summed E-state index contributed by atoms with van der Waals surface area (Å²) >= 11 is 0. The summed E-state index contributed by atoms with van der Waals surface area (Å²) in [6.07, 6.45) is 25.1. The molecule has 0 aromatic carbocycles. The Balaban J connectivity index is 1.99. The SMILES string of the molecule is CCCCC/C=C/C/C=C/CCCCCCCC(=O)N[C@@H](Cc1cnc[nH]1)C(=O)O. The molecule has 0 radical (unpaired) electrons. The summed E-state index contributed by atoms with van der Waals surface area (Å²) < 4.78 is 0. The van der Waals surface area contributed by atoms with Crippen LogP contribution in [0.5, 0.6) is 0 Å². The topological polar surface area (TPSA) is 95.1 Å². The minimum atomic E-state index is -1.03. The van der Waals surface area contributed by atoms with Crippen molar-refractivity contribution in [3.63, 3.8) is 0 Å². The first-order valence-electron chi connectivity index (χ1n) is 11.4. The van der Waals surface area contributed by atoms with E-state index in [1.54, 1.807) is 6.20 Å². The van der Waals surface area contributed by atoms with E-state index in [1.807, 2.05) is 0 Å². The average molecular weight is 418 g/mol. The van der Waals surface area contributed by atoms with Crippen LogP contribution < -0.4 is 5.32 Å². The summed E-state index contributed by atoms with van der Waals surface area (Å²) in [7, 11) is 0. The van der Waals surface area contributed by atoms with Gasteiger partial charge in [0.2, 0.25) is 5.91 Å². The molecule has 168 valence electrons. The number of carbonyl (C=O) groups is 2. The third-order valence-electron chi connectivity index (χ3n) is 4.97. The predicted octanol–water partition coefficient (Wildman–Crippen LogP) is 5.34. The number of amides is 1. The molecule has 0 aliphatic carbocycles. The first-order valence-corrected chi connectivity index (χ1v) is 11.4. The molecule has 0 unspecified atom stereocenters. The number of hydrogen-bond acceptors (Lipinski definition) is 3. The fourth-order valence-electron chi connectivity index (χ4n) is 3.18. The van der Waals surface area contributed by atoms with Crippen molar-refractivity contribution in [3.05, 3.63) is 42.5 Å². The number of rotatable bonds is 18. The van der Waals surface area contributed by atoms with Gasteiger partial charge in [-0.15, -0.1) is 0 Å². The van der Waals surface area contributed by atoms with Gasteiger partial charge in [-0.05, 0) is 38.5 Å². The number of unbranched alkanes of at least 4 members (excludes halogenated alkanes) is 8. The molecule has 0 fully saturated rings. The number of carbonyl (C=O) groups excluding carboxylic acids is 1. The number of allylic oxidation sites excluding steroid dienone is 4. The summed E-state index contributed by atoms with van der Waals surface area (Å²) in [5, 5.41) is 11.9. The van der Waals surface area contributed by atoms with Gasteiger partial charge in [-0.25, -0.2) is 9.78 Å². The van der Waals surface area contributed by atoms with Gasteiger partial charge in [0.1, 0.15) is 6.04 Å². The lowest BCUT2D eigenvalue weighted by Crippen LogP contribution is -2.42. The standard InChI is InChI=1S/C24H39N3O3/c1-2-3-4-5-6-7-8-9-10-11-12-13-14-15-16-17-23(28)27-22(24(29)30)18-21-19-25-20-26-21/h6-7,9-10,19-20,22H,2-5,8,11-18H2,1H3,(H,25,26)(H,27,28)(H,29,30)/b7-6+,10-9+/t22-/m0/s1. The third kappa shape index (κ3) is 13.7. The molecule has 1 rings (SSSR count). The maximum Gasteiger partial charge on any atom is 0.326 e. The smallest absolute Gasteiger partial charge is 0.326 e. The van der Waals surface area contributed by atoms with E-state index in [9.17, 15) is 14.7 Å². The zero-order valence-electron chi connectivity index (χ0n) is 18.4. The first-order chi connectivity index (χ1) is 14.6. The second kappa shape index (κ2) is 17.5. The van der Waals surface area contributed by atoms with Gasteiger partial charge in [-0.2, -0.15) is 0 Å². The summed E-state index contributed by atoms with van der Waals surface area (Å²) in [5.41, 5.74) is 0.694. The molecule has 0 spiro atoms. The third-order valence-corrected chi connectivity index (χ3v) is 4.97. The van der Waals surface area contributed by atoms with Crippen molar-refractivity contribution >= 4 is 11.9 Å². The van der Waals surface area contributed by atoms with E-state index in [0.29, 0.717) is 12.1 Å². The number of nitrogens with one attached hydrogen (secondary N) is 2. The average Bonchev–Trinajstić information content (AvgIpc) is 3.23. The Morgan fingerprint density at radius 3 is 2.33 bits per heavy atom. The molecule has 1 heterocycles. The fourth-order valence-corrected chi connectivity index (χ4v) is 3.18. The van der Waals surface area contributed by atoms with E-state index in [2.05, 4.69) is 46.5 Å². The molecule has 3 N–H and O–H groups in total. The molecule has 1 atom stereocenters. The van der Waals surface area contributed by atoms with Crippen LogP contribution in [0.15, 0.2) is 36.8 Å². The molecule has 1 aromatic heterocycles. The molecule has 1 aromatic rings. The largest absolute Gasteiger partial charge is 0.480 e. The highest BCUT2D eigenvalue weighted by atomic mass is 16.4. The molecule has 6 heteroatoms. The van der Waals surface area contributed by atoms with Gasteiger partial charge < -0.3 is 15.4 Å². The van der Waals surface area contributed by atoms with Crippen LogP contribution in [0, 0.1) is 0 Å². The Morgan fingerprint density at radius 1 is 1.03 bits per heavy atom. The van der Waals surface area contributed by atoms with E-state index in [1.165, 1.54) is 38.4 Å². The van der Waals surface area contributed by atoms with E-state index in [4.69, 9.17) is 0 Å². The molecular formula is C24H39N3O3. The zero-order chi connectivity index (χ0) is 21.9. The van der Waals surface area contributed by atoms with Crippen LogP contribution >= 0.6 is 0 Å². The fraction of sp³-hybridized carbons (Fsp3) is 0.625. The lowest BCUT2D eigenvalue weighted by molar-refractivity contribution is -0.141. The lowest BCUT2D eigenvalue weighted by Gasteiger charge is -2.13. The number of aliphatic carboxylic acids is 1. The molecule has 30 heavy (non-hydrogen) atoms. The highest BCUT2D eigenvalue weighted by Gasteiger charge is 2.20. The van der Waals surface area contributed by atoms with Crippen LogP contribution in [0.2, 0.25) is 0 Å². The van der Waals surface area contributed by atoms with Crippen molar-refractivity contribution in [2.45, 2.75) is 96.4 Å². The number of hydrogen-bond donors (Lipinski definition) is 3. The van der Waals surface area contributed by atoms with Crippen LogP contribution in [0.3, 0.4) is 0 Å². The number of carboxylic acid groups (broad SMARTS) is 1. The molecule has 1 amide bonds. The van der Waals surface area contributed by atoms with Crippen molar-refractivity contribution in [3.8, 4) is 0 Å². The Morgan fingerprint density at radius 2 is 1.70 bits per heavy atom. The number of imidazole rings is 1. The molecule has 0 aliphatic rings. The van der Waals surface area contributed by atoms with Crippen molar-refractivity contribution in [2.24, 2.45) is 0 Å². The van der Waals surface area contributed by atoms with Crippen LogP contribution in [0.25, 0.3) is 0 Å². The van der Waals surface area contributed by atoms with E-state index >= 15 is 0 Å². The van der Waals surface area contributed by atoms with Gasteiger partial charge in [0.25, 0.3) is 0 Å².